The number of unbranched alkanes of at least 4 members (excludes halogenated alkanes) is 4. The van der Waals surface area contributed by atoms with Gasteiger partial charge >= 0.3 is 0 Å². The molecule has 0 aromatic rings. The average Bonchev–Trinajstić information content (AvgIpc) is 2.48. The molecule has 0 saturated heterocycles. The zero-order valence-corrected chi connectivity index (χ0v) is 15.2. The van der Waals surface area contributed by atoms with Gasteiger partial charge in [-0.2, -0.15) is 0 Å². The van der Waals surface area contributed by atoms with E-state index >= 15 is 0 Å². The highest BCUT2D eigenvalue weighted by molar-refractivity contribution is 4.53. The van der Waals surface area contributed by atoms with Gasteiger partial charge in [0.05, 0.1) is 26.2 Å². The molecule has 0 radical (unpaired) electrons. The second-order valence-corrected chi connectivity index (χ2v) is 6.22. The maximum absolute atomic E-state index is 5.67. The predicted molar refractivity (Wildman–Crippen MR) is 92.9 cm³/mol. The molecule has 0 saturated carbocycles. The molecular formula is C16H40ClN5. The average molecular weight is 338 g/mol. The van der Waals surface area contributed by atoms with E-state index in [0.717, 1.165) is 51.9 Å². The van der Waals surface area contributed by atoms with Gasteiger partial charge in [0.1, 0.15) is 0 Å². The highest BCUT2D eigenvalue weighted by Crippen LogP contribution is 2.16. The topological polar surface area (TPSA) is 104 Å². The van der Waals surface area contributed by atoms with Crippen LogP contribution in [0.3, 0.4) is 0 Å². The number of hydrogen-bond acceptors (Lipinski definition) is 4. The maximum Gasteiger partial charge on any atom is 0.0787 e. The molecule has 0 rings (SSSR count). The number of halogens is 1. The van der Waals surface area contributed by atoms with E-state index in [0.29, 0.717) is 0 Å². The summed E-state index contributed by atoms with van der Waals surface area (Å²) in [7, 11) is 0. The maximum atomic E-state index is 5.67. The van der Waals surface area contributed by atoms with Crippen molar-refractivity contribution in [3.05, 3.63) is 0 Å². The normalized spacial score (nSPS) is 11.5. The fourth-order valence-corrected chi connectivity index (χ4v) is 3.04. The van der Waals surface area contributed by atoms with Crippen LogP contribution in [0.2, 0.25) is 0 Å². The van der Waals surface area contributed by atoms with Crippen LogP contribution in [0.25, 0.3) is 0 Å². The van der Waals surface area contributed by atoms with Crippen molar-refractivity contribution in [1.29, 1.82) is 0 Å². The SMILES string of the molecule is NCCCC[N+](CCCCN)(CCCCN)CCCCN.[Cl-]. The van der Waals surface area contributed by atoms with Gasteiger partial charge in [-0.25, -0.2) is 0 Å². The quantitative estimate of drug-likeness (QED) is 0.189. The van der Waals surface area contributed by atoms with Gasteiger partial charge in [-0.1, -0.05) is 0 Å². The second kappa shape index (κ2) is 17.4. The van der Waals surface area contributed by atoms with E-state index in [-0.39, 0.29) is 12.4 Å². The molecule has 0 aliphatic rings. The molecule has 0 aliphatic carbocycles. The van der Waals surface area contributed by atoms with Crippen LogP contribution in [0.5, 0.6) is 0 Å². The molecule has 0 aromatic heterocycles. The molecule has 0 unspecified atom stereocenters. The summed E-state index contributed by atoms with van der Waals surface area (Å²) in [4.78, 5) is 0. The van der Waals surface area contributed by atoms with Crippen LogP contribution in [0, 0.1) is 0 Å². The summed E-state index contributed by atoms with van der Waals surface area (Å²) in [6, 6.07) is 0. The minimum atomic E-state index is 0. The highest BCUT2D eigenvalue weighted by Gasteiger charge is 2.25. The van der Waals surface area contributed by atoms with Crippen molar-refractivity contribution in [2.75, 3.05) is 52.4 Å². The molecule has 0 amide bonds. The Kier molecular flexibility index (Phi) is 19.3. The van der Waals surface area contributed by atoms with E-state index in [1.807, 2.05) is 0 Å². The monoisotopic (exact) mass is 337 g/mol. The number of nitrogens with two attached hydrogens (primary N) is 4. The first-order chi connectivity index (χ1) is 10.2. The van der Waals surface area contributed by atoms with Crippen molar-refractivity contribution in [1.82, 2.24) is 0 Å². The smallest absolute Gasteiger partial charge is 0.0787 e. The summed E-state index contributed by atoms with van der Waals surface area (Å²) in [6.07, 6.45) is 9.42. The van der Waals surface area contributed by atoms with Crippen LogP contribution in [0.1, 0.15) is 51.4 Å². The Balaban J connectivity index is 0. The largest absolute Gasteiger partial charge is 1.00 e. The molecule has 5 nitrogen and oxygen atoms in total. The van der Waals surface area contributed by atoms with E-state index in [4.69, 9.17) is 22.9 Å². The van der Waals surface area contributed by atoms with Crippen LogP contribution in [-0.2, 0) is 0 Å². The van der Waals surface area contributed by atoms with Gasteiger partial charge in [-0.05, 0) is 77.5 Å². The Morgan fingerprint density at radius 1 is 0.409 bits per heavy atom. The Bertz CT molecular complexity index is 171. The molecule has 0 aliphatic heterocycles. The molecule has 0 spiro atoms. The molecule has 0 heterocycles. The van der Waals surface area contributed by atoms with Crippen molar-refractivity contribution < 1.29 is 16.9 Å². The van der Waals surface area contributed by atoms with Gasteiger partial charge in [0.2, 0.25) is 0 Å². The fraction of sp³-hybridized carbons (Fsp3) is 1.00. The zero-order chi connectivity index (χ0) is 15.8. The van der Waals surface area contributed by atoms with Crippen molar-refractivity contribution in [3.63, 3.8) is 0 Å². The van der Waals surface area contributed by atoms with Gasteiger partial charge in [0.25, 0.3) is 0 Å². The van der Waals surface area contributed by atoms with E-state index in [9.17, 15) is 0 Å². The van der Waals surface area contributed by atoms with E-state index in [1.165, 1.54) is 56.3 Å². The van der Waals surface area contributed by atoms with Gasteiger partial charge in [-0.3, -0.25) is 0 Å². The third-order valence-corrected chi connectivity index (χ3v) is 4.35. The third-order valence-electron chi connectivity index (χ3n) is 4.35. The molecular weight excluding hydrogens is 298 g/mol. The number of rotatable bonds is 16. The lowest BCUT2D eigenvalue weighted by Gasteiger charge is -2.39. The molecule has 0 bridgehead atoms. The second-order valence-electron chi connectivity index (χ2n) is 6.22. The summed E-state index contributed by atoms with van der Waals surface area (Å²) in [6.45, 7) is 8.19. The van der Waals surface area contributed by atoms with Crippen molar-refractivity contribution in [2.24, 2.45) is 22.9 Å². The minimum Gasteiger partial charge on any atom is -1.00 e. The summed E-state index contributed by atoms with van der Waals surface area (Å²) in [5.74, 6) is 0. The zero-order valence-electron chi connectivity index (χ0n) is 14.4. The first kappa shape index (κ1) is 24.3. The minimum absolute atomic E-state index is 0. The van der Waals surface area contributed by atoms with E-state index < -0.39 is 0 Å². The lowest BCUT2D eigenvalue weighted by Crippen LogP contribution is -3.00. The molecule has 8 N–H and O–H groups in total. The lowest BCUT2D eigenvalue weighted by molar-refractivity contribution is -0.929. The van der Waals surface area contributed by atoms with Crippen molar-refractivity contribution in [3.8, 4) is 0 Å². The molecule has 0 atom stereocenters. The van der Waals surface area contributed by atoms with Crippen molar-refractivity contribution >= 4 is 0 Å². The van der Waals surface area contributed by atoms with Crippen LogP contribution >= 0.6 is 0 Å². The first-order valence-corrected chi connectivity index (χ1v) is 8.90. The molecule has 6 heteroatoms. The third kappa shape index (κ3) is 12.6. The van der Waals surface area contributed by atoms with Gasteiger partial charge in [-0.15, -0.1) is 0 Å². The highest BCUT2D eigenvalue weighted by atomic mass is 35.5. The van der Waals surface area contributed by atoms with Crippen LogP contribution in [-0.4, -0.2) is 56.8 Å². The fourth-order valence-electron chi connectivity index (χ4n) is 3.04. The summed E-state index contributed by atoms with van der Waals surface area (Å²) < 4.78 is 1.22. The molecule has 0 aromatic carbocycles. The lowest BCUT2D eigenvalue weighted by atomic mass is 10.1. The summed E-state index contributed by atoms with van der Waals surface area (Å²) >= 11 is 0. The number of quaternary nitrogens is 1. The van der Waals surface area contributed by atoms with Crippen LogP contribution in [0.4, 0.5) is 0 Å². The van der Waals surface area contributed by atoms with E-state index in [1.54, 1.807) is 0 Å². The van der Waals surface area contributed by atoms with Gasteiger partial charge in [0, 0.05) is 0 Å². The molecule has 0 fully saturated rings. The van der Waals surface area contributed by atoms with E-state index in [2.05, 4.69) is 0 Å². The first-order valence-electron chi connectivity index (χ1n) is 8.90. The number of hydrogen-bond donors (Lipinski definition) is 4. The van der Waals surface area contributed by atoms with Crippen LogP contribution in [0.15, 0.2) is 0 Å². The summed E-state index contributed by atoms with van der Waals surface area (Å²) in [5, 5.41) is 0. The Morgan fingerprint density at radius 3 is 0.818 bits per heavy atom. The number of nitrogens with zero attached hydrogens (tertiary/aromatic N) is 1. The van der Waals surface area contributed by atoms with Gasteiger partial charge in [0.15, 0.2) is 0 Å². The molecule has 136 valence electrons. The summed E-state index contributed by atoms with van der Waals surface area (Å²) in [5.41, 5.74) is 22.7. The Morgan fingerprint density at radius 2 is 0.636 bits per heavy atom. The predicted octanol–water partition coefficient (Wildman–Crippen LogP) is -2.24. The van der Waals surface area contributed by atoms with Crippen molar-refractivity contribution in [2.45, 2.75) is 51.4 Å². The van der Waals surface area contributed by atoms with Crippen LogP contribution < -0.4 is 35.3 Å². The Labute approximate surface area is 144 Å². The standard InChI is InChI=1S/C16H40N5.ClH/c17-9-1-5-13-21(14-6-2-10-18,15-7-3-11-19)16-8-4-12-20;/h1-20H2;1H/q+1;/p-1. The van der Waals surface area contributed by atoms with Gasteiger partial charge < -0.3 is 39.8 Å². The Hall–Kier alpha value is 0.0900. The molecule has 22 heavy (non-hydrogen) atoms.